The van der Waals surface area contributed by atoms with Gasteiger partial charge in [-0.15, -0.1) is 6.58 Å². The largest absolute Gasteiger partial charge is 0.450 e. The minimum Gasteiger partial charge on any atom is -0.450 e. The number of ether oxygens (including phenoxy) is 23. The first-order chi connectivity index (χ1) is 69.4. The SMILES string of the molecule is C=CCCCOC1OC(COC2OC(COC3OC(COC4OC(COC5OC(CO)C(OCc6ccccc6)C5OCc5ccccc5)C(OC5OC(CO)C(OCc6ccccc6)C5OCc5ccccc5)C4OC(=O)c4ccccc4)C(OCc4ccccc4)C3OC(=O)c3ccccc3)C(OCc3ccccc3)C2OC(=O)c2ccccc2)C(OCc2ccccc2)C1OC(=O)c1ccccc1. The number of allylic oxidation sites excluding steroid dienone is 1. The summed E-state index contributed by atoms with van der Waals surface area (Å²) in [7, 11) is 0. The van der Waals surface area contributed by atoms with Gasteiger partial charge in [0, 0.05) is 0 Å². The Hall–Kier alpha value is -11.8. The Labute approximate surface area is 818 Å². The second-order valence-electron chi connectivity index (χ2n) is 34.6. The van der Waals surface area contributed by atoms with Crippen molar-refractivity contribution in [3.63, 3.8) is 0 Å². The molecule has 17 rings (SSSR count). The molecule has 29 nitrogen and oxygen atoms in total. The minimum absolute atomic E-state index is 0.0280. The standard InChI is InChI=1S/C112H116O29/c1-2-3-37-60-119-108-99(137-103(115)81-52-29-11-30-53-81)93(122-65-76-42-19-6-20-43-76)87(133-108)70-128-109-100(138-104(116)82-54-31-12-32-55-82)94(123-66-77-44-21-7-22-45-77)88(134-109)71-129-110-101(139-105(117)83-56-33-13-34-57-83)95(124-67-78-46-23-8-24-47-78)89(135-110)72-130-111-102(140-106(118)84-58-35-14-36-59-84)96(141-112-98(126-69-80-50-27-10-28-51-80)92(86(62-114)132-112)121-64-75-40-17-5-18-41-75)90(136-111)73-127-107-97(125-68-79-48-25-9-26-49-79)91(85(61-113)131-107)120-63-74-38-15-4-16-39-74/h2,4-36,38-59,85-102,107-114H,1,3,37,60-73H2. The lowest BCUT2D eigenvalue weighted by atomic mass is 10.1. The highest BCUT2D eigenvalue weighted by Crippen LogP contribution is 2.41. The van der Waals surface area contributed by atoms with Gasteiger partial charge in [-0.3, -0.25) is 0 Å². The fourth-order valence-corrected chi connectivity index (χ4v) is 17.6. The molecule has 0 saturated carbocycles. The van der Waals surface area contributed by atoms with E-state index in [0.717, 1.165) is 33.4 Å². The molecule has 6 aliphatic rings. The van der Waals surface area contributed by atoms with Gasteiger partial charge in [-0.2, -0.15) is 0 Å². The molecule has 0 aromatic heterocycles. The van der Waals surface area contributed by atoms with Crippen molar-refractivity contribution in [1.82, 2.24) is 0 Å². The predicted octanol–water partition coefficient (Wildman–Crippen LogP) is 14.8. The van der Waals surface area contributed by atoms with E-state index in [2.05, 4.69) is 6.58 Å². The van der Waals surface area contributed by atoms with Gasteiger partial charge in [-0.05, 0) is 100 Å². The summed E-state index contributed by atoms with van der Waals surface area (Å²) >= 11 is 0. The van der Waals surface area contributed by atoms with Crippen molar-refractivity contribution in [3.05, 3.63) is 408 Å². The number of carbonyl (C=O) groups excluding carboxylic acids is 4. The Morgan fingerprint density at radius 2 is 0.433 bits per heavy atom. The van der Waals surface area contributed by atoms with Gasteiger partial charge in [0.1, 0.15) is 85.5 Å². The van der Waals surface area contributed by atoms with Crippen LogP contribution in [0.4, 0.5) is 0 Å². The molecule has 6 fully saturated rings. The summed E-state index contributed by atoms with van der Waals surface area (Å²) in [6, 6.07) is 99.6. The number of carbonyl (C=O) groups is 4. The maximum absolute atomic E-state index is 15.2. The van der Waals surface area contributed by atoms with Crippen LogP contribution in [0.25, 0.3) is 0 Å². The first-order valence-corrected chi connectivity index (χ1v) is 47.6. The van der Waals surface area contributed by atoms with Crippen molar-refractivity contribution in [2.75, 3.05) is 46.2 Å². The van der Waals surface area contributed by atoms with Gasteiger partial charge >= 0.3 is 23.9 Å². The summed E-state index contributed by atoms with van der Waals surface area (Å²) in [6.07, 6.45) is -27.3. The predicted molar refractivity (Wildman–Crippen MR) is 508 cm³/mol. The molecule has 0 radical (unpaired) electrons. The zero-order valence-electron chi connectivity index (χ0n) is 77.6. The van der Waals surface area contributed by atoms with Gasteiger partial charge in [-0.25, -0.2) is 19.2 Å². The monoisotopic (exact) mass is 1920 g/mol. The van der Waals surface area contributed by atoms with E-state index < -0.39 is 205 Å². The summed E-state index contributed by atoms with van der Waals surface area (Å²) in [4.78, 5) is 59.4. The number of aliphatic hydroxyl groups excluding tert-OH is 2. The van der Waals surface area contributed by atoms with E-state index in [0.29, 0.717) is 18.4 Å². The summed E-state index contributed by atoms with van der Waals surface area (Å²) in [5.41, 5.74) is 6.34. The van der Waals surface area contributed by atoms with Crippen LogP contribution in [-0.4, -0.2) is 228 Å². The van der Waals surface area contributed by atoms with Crippen LogP contribution in [0.15, 0.2) is 346 Å². The molecule has 0 bridgehead atoms. The Kier molecular flexibility index (Phi) is 37.0. The first kappa shape index (κ1) is 101. The van der Waals surface area contributed by atoms with E-state index >= 15 is 9.59 Å². The average molecular weight is 1930 g/mol. The molecule has 0 amide bonds. The fraction of sp³-hybridized carbons (Fsp3) is 0.357. The molecular weight excluding hydrogens is 1810 g/mol. The molecule has 6 saturated heterocycles. The van der Waals surface area contributed by atoms with Crippen molar-refractivity contribution in [1.29, 1.82) is 0 Å². The molecule has 6 aliphatic heterocycles. The van der Waals surface area contributed by atoms with Crippen molar-refractivity contribution < 1.29 is 138 Å². The van der Waals surface area contributed by atoms with Gasteiger partial charge in [0.2, 0.25) is 0 Å². The molecule has 2 N–H and O–H groups in total. The number of hydrogen-bond acceptors (Lipinski definition) is 29. The van der Waals surface area contributed by atoms with Gasteiger partial charge < -0.3 is 119 Å². The van der Waals surface area contributed by atoms with Crippen LogP contribution in [0, 0.1) is 0 Å². The maximum atomic E-state index is 15.2. The Morgan fingerprint density at radius 1 is 0.234 bits per heavy atom. The van der Waals surface area contributed by atoms with E-state index in [-0.39, 0.29) is 81.7 Å². The van der Waals surface area contributed by atoms with E-state index in [1.807, 2.05) is 212 Å². The molecule has 0 aliphatic carbocycles. The Balaban J connectivity index is 0.713. The maximum Gasteiger partial charge on any atom is 0.338 e. The van der Waals surface area contributed by atoms with Crippen molar-refractivity contribution >= 4 is 23.9 Å². The highest BCUT2D eigenvalue weighted by Gasteiger charge is 2.59. The Morgan fingerprint density at radius 3 is 0.688 bits per heavy atom. The first-order valence-electron chi connectivity index (χ1n) is 47.6. The quantitative estimate of drug-likeness (QED) is 0.0155. The lowest BCUT2D eigenvalue weighted by Gasteiger charge is -2.30. The number of esters is 4. The van der Waals surface area contributed by atoms with Crippen LogP contribution in [0.5, 0.6) is 0 Å². The molecule has 24 atom stereocenters. The molecular formula is C112H116O29. The third-order valence-electron chi connectivity index (χ3n) is 24.8. The molecule has 29 heteroatoms. The molecule has 0 spiro atoms. The number of rotatable bonds is 50. The molecule has 11 aromatic rings. The lowest BCUT2D eigenvalue weighted by molar-refractivity contribution is -0.236. The molecule has 11 aromatic carbocycles. The van der Waals surface area contributed by atoms with Crippen LogP contribution in [0.3, 0.4) is 0 Å². The number of unbranched alkanes of at least 4 members (excludes halogenated alkanes) is 1. The van der Waals surface area contributed by atoms with E-state index in [1.54, 1.807) is 127 Å². The normalized spacial score (nSPS) is 27.3. The average Bonchev–Trinajstić information content (AvgIpc) is 1.62. The van der Waals surface area contributed by atoms with Crippen molar-refractivity contribution in [2.45, 2.75) is 207 Å². The van der Waals surface area contributed by atoms with Crippen LogP contribution in [-0.2, 0) is 155 Å². The molecule has 6 heterocycles. The second-order valence-corrected chi connectivity index (χ2v) is 34.6. The number of aliphatic hydroxyl groups is 2. The van der Waals surface area contributed by atoms with Gasteiger partial charge in [0.15, 0.2) is 62.2 Å². The second kappa shape index (κ2) is 51.8. The minimum atomic E-state index is -1.65. The third-order valence-corrected chi connectivity index (χ3v) is 24.8. The summed E-state index contributed by atoms with van der Waals surface area (Å²) in [5.74, 6) is -3.02. The smallest absolute Gasteiger partial charge is 0.338 e. The van der Waals surface area contributed by atoms with Crippen LogP contribution >= 0.6 is 0 Å². The highest BCUT2D eigenvalue weighted by atomic mass is 16.8. The topological polar surface area (TPSA) is 321 Å². The van der Waals surface area contributed by atoms with E-state index in [1.165, 1.54) is 0 Å². The highest BCUT2D eigenvalue weighted by molar-refractivity contribution is 5.91. The zero-order chi connectivity index (χ0) is 96.7. The fourth-order valence-electron chi connectivity index (χ4n) is 17.6. The molecule has 141 heavy (non-hydrogen) atoms. The number of hydrogen-bond donors (Lipinski definition) is 2. The van der Waals surface area contributed by atoms with Crippen molar-refractivity contribution in [3.8, 4) is 0 Å². The van der Waals surface area contributed by atoms with Crippen LogP contribution in [0.2, 0.25) is 0 Å². The van der Waals surface area contributed by atoms with Gasteiger partial charge in [-0.1, -0.05) is 291 Å². The molecule has 24 unspecified atom stereocenters. The summed E-state index contributed by atoms with van der Waals surface area (Å²) < 4.78 is 157. The van der Waals surface area contributed by atoms with Gasteiger partial charge in [0.25, 0.3) is 0 Å². The summed E-state index contributed by atoms with van der Waals surface area (Å²) in [5, 5.41) is 22.6. The summed E-state index contributed by atoms with van der Waals surface area (Å²) in [6.45, 7) is 1.48. The zero-order valence-corrected chi connectivity index (χ0v) is 77.6. The van der Waals surface area contributed by atoms with Crippen molar-refractivity contribution in [2.24, 2.45) is 0 Å². The van der Waals surface area contributed by atoms with E-state index in [9.17, 15) is 19.8 Å². The van der Waals surface area contributed by atoms with Crippen LogP contribution in [0.1, 0.15) is 93.2 Å². The lowest BCUT2D eigenvalue weighted by Crippen LogP contribution is -2.47. The third kappa shape index (κ3) is 27.4. The van der Waals surface area contributed by atoms with Gasteiger partial charge in [0.05, 0.1) is 115 Å². The van der Waals surface area contributed by atoms with Crippen LogP contribution < -0.4 is 0 Å². The van der Waals surface area contributed by atoms with E-state index in [4.69, 9.17) is 109 Å². The number of benzene rings is 11. The Bertz CT molecular complexity index is 5570. The molecule has 738 valence electrons.